The lowest BCUT2D eigenvalue weighted by atomic mass is 10.1. The van der Waals surface area contributed by atoms with E-state index >= 15 is 0 Å². The molecule has 136 valence electrons. The third-order valence-electron chi connectivity index (χ3n) is 4.70. The summed E-state index contributed by atoms with van der Waals surface area (Å²) in [5, 5.41) is 5.90. The molecule has 1 aliphatic rings. The van der Waals surface area contributed by atoms with Crippen molar-refractivity contribution >= 4 is 11.8 Å². The third-order valence-corrected chi connectivity index (χ3v) is 4.70. The number of nitrogens with zero attached hydrogens (tertiary/aromatic N) is 1. The molecule has 2 N–H and O–H groups in total. The van der Waals surface area contributed by atoms with Gasteiger partial charge >= 0.3 is 0 Å². The smallest absolute Gasteiger partial charge is 0.270 e. The van der Waals surface area contributed by atoms with Crippen LogP contribution in [0.3, 0.4) is 0 Å². The van der Waals surface area contributed by atoms with E-state index in [2.05, 4.69) is 15.6 Å². The highest BCUT2D eigenvalue weighted by molar-refractivity contribution is 5.96. The standard InChI is InChI=1S/C21H25N3O2/c25-20(22-15-16-9-4-3-5-10-16)18-13-8-14-19(24-18)21(26)23-17-11-6-1-2-7-12-17/h3-5,8-10,13-14,17H,1-2,6-7,11-12,15H2,(H,22,25)(H,23,26). The number of pyridine rings is 1. The van der Waals surface area contributed by atoms with E-state index in [1.165, 1.54) is 12.8 Å². The Hall–Kier alpha value is -2.69. The maximum absolute atomic E-state index is 12.5. The fourth-order valence-electron chi connectivity index (χ4n) is 3.24. The zero-order chi connectivity index (χ0) is 18.2. The Morgan fingerprint density at radius 1 is 0.846 bits per heavy atom. The molecule has 0 radical (unpaired) electrons. The molecule has 5 nitrogen and oxygen atoms in total. The summed E-state index contributed by atoms with van der Waals surface area (Å²) in [6.07, 6.45) is 6.82. The van der Waals surface area contributed by atoms with Crippen LogP contribution in [0.2, 0.25) is 0 Å². The lowest BCUT2D eigenvalue weighted by Crippen LogP contribution is -2.35. The molecule has 26 heavy (non-hydrogen) atoms. The van der Waals surface area contributed by atoms with E-state index in [-0.39, 0.29) is 23.6 Å². The molecular formula is C21H25N3O2. The quantitative estimate of drug-likeness (QED) is 0.811. The van der Waals surface area contributed by atoms with E-state index in [1.807, 2.05) is 30.3 Å². The summed E-state index contributed by atoms with van der Waals surface area (Å²) in [6, 6.07) is 14.9. The Bertz CT molecular complexity index is 738. The van der Waals surface area contributed by atoms with Crippen molar-refractivity contribution in [3.63, 3.8) is 0 Å². The van der Waals surface area contributed by atoms with Gasteiger partial charge in [-0.2, -0.15) is 0 Å². The Morgan fingerprint density at radius 3 is 2.19 bits per heavy atom. The summed E-state index contributed by atoms with van der Waals surface area (Å²) in [5.41, 5.74) is 1.57. The van der Waals surface area contributed by atoms with Crippen LogP contribution in [0.4, 0.5) is 0 Å². The van der Waals surface area contributed by atoms with Crippen molar-refractivity contribution in [2.24, 2.45) is 0 Å². The van der Waals surface area contributed by atoms with Gasteiger partial charge in [-0.05, 0) is 30.5 Å². The molecule has 0 bridgehead atoms. The van der Waals surface area contributed by atoms with Gasteiger partial charge in [-0.25, -0.2) is 4.98 Å². The molecule has 1 heterocycles. The third kappa shape index (κ3) is 5.15. The first-order valence-electron chi connectivity index (χ1n) is 9.32. The second-order valence-corrected chi connectivity index (χ2v) is 6.74. The zero-order valence-corrected chi connectivity index (χ0v) is 14.9. The maximum atomic E-state index is 12.5. The summed E-state index contributed by atoms with van der Waals surface area (Å²) >= 11 is 0. The molecular weight excluding hydrogens is 326 g/mol. The minimum atomic E-state index is -0.280. The Labute approximate surface area is 154 Å². The first-order valence-corrected chi connectivity index (χ1v) is 9.32. The van der Waals surface area contributed by atoms with Crippen LogP contribution >= 0.6 is 0 Å². The Morgan fingerprint density at radius 2 is 1.50 bits per heavy atom. The predicted molar refractivity (Wildman–Crippen MR) is 101 cm³/mol. The fraction of sp³-hybridized carbons (Fsp3) is 0.381. The highest BCUT2D eigenvalue weighted by Crippen LogP contribution is 2.17. The molecule has 1 saturated carbocycles. The number of amides is 2. The van der Waals surface area contributed by atoms with Crippen LogP contribution in [0.25, 0.3) is 0 Å². The van der Waals surface area contributed by atoms with Gasteiger partial charge < -0.3 is 10.6 Å². The zero-order valence-electron chi connectivity index (χ0n) is 14.9. The molecule has 1 aromatic carbocycles. The molecule has 1 aliphatic carbocycles. The van der Waals surface area contributed by atoms with Gasteiger partial charge in [0.05, 0.1) is 0 Å². The summed E-state index contributed by atoms with van der Waals surface area (Å²) in [5.74, 6) is -0.479. The van der Waals surface area contributed by atoms with E-state index in [1.54, 1.807) is 18.2 Å². The van der Waals surface area contributed by atoms with Crippen LogP contribution in [0.1, 0.15) is 65.1 Å². The van der Waals surface area contributed by atoms with Gasteiger partial charge in [-0.3, -0.25) is 9.59 Å². The second kappa shape index (κ2) is 9.13. The van der Waals surface area contributed by atoms with Gasteiger partial charge in [0.25, 0.3) is 11.8 Å². The van der Waals surface area contributed by atoms with Crippen molar-refractivity contribution in [2.75, 3.05) is 0 Å². The van der Waals surface area contributed by atoms with Crippen molar-refractivity contribution in [2.45, 2.75) is 51.1 Å². The van der Waals surface area contributed by atoms with E-state index in [9.17, 15) is 9.59 Å². The number of carbonyl (C=O) groups excluding carboxylic acids is 2. The number of rotatable bonds is 5. The molecule has 0 aliphatic heterocycles. The van der Waals surface area contributed by atoms with Crippen LogP contribution in [0.15, 0.2) is 48.5 Å². The average molecular weight is 351 g/mol. The summed E-state index contributed by atoms with van der Waals surface area (Å²) < 4.78 is 0. The second-order valence-electron chi connectivity index (χ2n) is 6.74. The fourth-order valence-corrected chi connectivity index (χ4v) is 3.24. The first-order chi connectivity index (χ1) is 12.7. The number of benzene rings is 1. The summed E-state index contributed by atoms with van der Waals surface area (Å²) in [4.78, 5) is 29.0. The molecule has 5 heteroatoms. The molecule has 1 aromatic heterocycles. The lowest BCUT2D eigenvalue weighted by Gasteiger charge is -2.16. The molecule has 1 fully saturated rings. The van der Waals surface area contributed by atoms with Gasteiger partial charge in [0.15, 0.2) is 0 Å². The van der Waals surface area contributed by atoms with Crippen LogP contribution in [-0.2, 0) is 6.54 Å². The number of carbonyl (C=O) groups is 2. The van der Waals surface area contributed by atoms with E-state index in [0.29, 0.717) is 12.2 Å². The van der Waals surface area contributed by atoms with Crippen molar-refractivity contribution in [1.29, 1.82) is 0 Å². The maximum Gasteiger partial charge on any atom is 0.270 e. The molecule has 2 aromatic rings. The van der Waals surface area contributed by atoms with Crippen LogP contribution in [-0.4, -0.2) is 22.8 Å². The van der Waals surface area contributed by atoms with Crippen molar-refractivity contribution in [1.82, 2.24) is 15.6 Å². The van der Waals surface area contributed by atoms with E-state index < -0.39 is 0 Å². The van der Waals surface area contributed by atoms with Gasteiger partial charge in [0, 0.05) is 12.6 Å². The minimum Gasteiger partial charge on any atom is -0.348 e. The number of nitrogens with one attached hydrogen (secondary N) is 2. The van der Waals surface area contributed by atoms with Crippen LogP contribution in [0.5, 0.6) is 0 Å². The molecule has 0 spiro atoms. The highest BCUT2D eigenvalue weighted by atomic mass is 16.2. The monoisotopic (exact) mass is 351 g/mol. The topological polar surface area (TPSA) is 71.1 Å². The van der Waals surface area contributed by atoms with Crippen molar-refractivity contribution in [3.8, 4) is 0 Å². The molecule has 0 atom stereocenters. The highest BCUT2D eigenvalue weighted by Gasteiger charge is 2.17. The molecule has 3 rings (SSSR count). The van der Waals surface area contributed by atoms with Gasteiger partial charge in [-0.1, -0.05) is 62.1 Å². The first kappa shape index (κ1) is 18.1. The number of hydrogen-bond donors (Lipinski definition) is 2. The minimum absolute atomic E-state index is 0.199. The molecule has 0 saturated heterocycles. The SMILES string of the molecule is O=C(NCc1ccccc1)c1cccc(C(=O)NC2CCCCCC2)n1. The predicted octanol–water partition coefficient (Wildman–Crippen LogP) is 3.46. The summed E-state index contributed by atoms with van der Waals surface area (Å²) in [6.45, 7) is 0.430. The van der Waals surface area contributed by atoms with Crippen LogP contribution < -0.4 is 10.6 Å². The number of aromatic nitrogens is 1. The molecule has 2 amide bonds. The summed E-state index contributed by atoms with van der Waals surface area (Å²) in [7, 11) is 0. The van der Waals surface area contributed by atoms with E-state index in [0.717, 1.165) is 31.2 Å². The van der Waals surface area contributed by atoms with Crippen molar-refractivity contribution in [3.05, 3.63) is 65.5 Å². The van der Waals surface area contributed by atoms with Gasteiger partial charge in [0.2, 0.25) is 0 Å². The van der Waals surface area contributed by atoms with Crippen LogP contribution in [0, 0.1) is 0 Å². The normalized spacial score (nSPS) is 15.1. The number of hydrogen-bond acceptors (Lipinski definition) is 3. The van der Waals surface area contributed by atoms with Gasteiger partial charge in [-0.15, -0.1) is 0 Å². The van der Waals surface area contributed by atoms with E-state index in [4.69, 9.17) is 0 Å². The van der Waals surface area contributed by atoms with Crippen molar-refractivity contribution < 1.29 is 9.59 Å². The Kier molecular flexibility index (Phi) is 6.36. The average Bonchev–Trinajstić information content (AvgIpc) is 2.95. The lowest BCUT2D eigenvalue weighted by molar-refractivity contribution is 0.0927. The molecule has 0 unspecified atom stereocenters. The van der Waals surface area contributed by atoms with Gasteiger partial charge in [0.1, 0.15) is 11.4 Å². The largest absolute Gasteiger partial charge is 0.348 e. The Balaban J connectivity index is 1.59.